The zero-order valence-electron chi connectivity index (χ0n) is 16.1. The highest BCUT2D eigenvalue weighted by atomic mass is 35.5. The minimum Gasteiger partial charge on any atom is -0.480 e. The van der Waals surface area contributed by atoms with E-state index >= 15 is 0 Å². The van der Waals surface area contributed by atoms with Crippen molar-refractivity contribution in [1.29, 1.82) is 0 Å². The highest BCUT2D eigenvalue weighted by molar-refractivity contribution is 6.74. The van der Waals surface area contributed by atoms with Crippen LogP contribution in [-0.4, -0.2) is 37.9 Å². The number of nitrogens with one attached hydrogen (secondary N) is 1. The monoisotopic (exact) mass is 397 g/mol. The summed E-state index contributed by atoms with van der Waals surface area (Å²) in [5.74, 6) is -1.36. The van der Waals surface area contributed by atoms with Gasteiger partial charge in [-0.2, -0.15) is 0 Å². The number of carbonyl (C=O) groups is 2. The predicted molar refractivity (Wildman–Crippen MR) is 105 cm³/mol. The molecule has 1 aliphatic rings. The first-order chi connectivity index (χ1) is 11.9. The van der Waals surface area contributed by atoms with E-state index in [9.17, 15) is 14.7 Å². The lowest BCUT2D eigenvalue weighted by atomic mass is 9.94. The summed E-state index contributed by atoms with van der Waals surface area (Å²) in [6.45, 7) is 10.4. The SMILES string of the molecule is CC(C)(C)[Si](C)(C)OCC(NC(=O)C1(c2cccc(Cl)c2)CC1)C(=O)O. The Kier molecular flexibility index (Phi) is 5.90. The first kappa shape index (κ1) is 20.9. The van der Waals surface area contributed by atoms with Crippen molar-refractivity contribution in [3.8, 4) is 0 Å². The third kappa shape index (κ3) is 4.48. The number of rotatable bonds is 7. The topological polar surface area (TPSA) is 75.6 Å². The van der Waals surface area contributed by atoms with Crippen LogP contribution >= 0.6 is 11.6 Å². The number of halogens is 1. The lowest BCUT2D eigenvalue weighted by Crippen LogP contribution is -2.51. The normalized spacial score (nSPS) is 17.5. The molecule has 1 fully saturated rings. The van der Waals surface area contributed by atoms with Crippen molar-refractivity contribution in [2.24, 2.45) is 0 Å². The maximum absolute atomic E-state index is 12.8. The molecule has 1 aromatic rings. The van der Waals surface area contributed by atoms with Gasteiger partial charge in [-0.15, -0.1) is 0 Å². The van der Waals surface area contributed by atoms with Gasteiger partial charge >= 0.3 is 5.97 Å². The molecule has 0 aromatic heterocycles. The van der Waals surface area contributed by atoms with Crippen LogP contribution in [-0.2, 0) is 19.4 Å². The number of aliphatic carboxylic acids is 1. The quantitative estimate of drug-likeness (QED) is 0.682. The van der Waals surface area contributed by atoms with Crippen molar-refractivity contribution >= 4 is 31.8 Å². The molecule has 0 heterocycles. The number of carbonyl (C=O) groups excluding carboxylic acids is 1. The van der Waals surface area contributed by atoms with E-state index in [1.54, 1.807) is 18.2 Å². The molecule has 1 amide bonds. The van der Waals surface area contributed by atoms with Crippen LogP contribution in [0.1, 0.15) is 39.2 Å². The van der Waals surface area contributed by atoms with Gasteiger partial charge in [-0.25, -0.2) is 4.79 Å². The molecule has 1 aliphatic carbocycles. The Hall–Kier alpha value is -1.37. The van der Waals surface area contributed by atoms with Crippen LogP contribution < -0.4 is 5.32 Å². The van der Waals surface area contributed by atoms with E-state index in [0.717, 1.165) is 5.56 Å². The molecule has 7 heteroatoms. The number of carboxylic acids is 1. The zero-order chi connectivity index (χ0) is 19.8. The highest BCUT2D eigenvalue weighted by Crippen LogP contribution is 2.49. The van der Waals surface area contributed by atoms with Crippen LogP contribution in [0, 0.1) is 0 Å². The van der Waals surface area contributed by atoms with Crippen LogP contribution in [0.4, 0.5) is 0 Å². The third-order valence-electron chi connectivity index (χ3n) is 5.58. The fourth-order valence-electron chi connectivity index (χ4n) is 2.54. The summed E-state index contributed by atoms with van der Waals surface area (Å²) in [7, 11) is -2.10. The van der Waals surface area contributed by atoms with Crippen molar-refractivity contribution in [2.75, 3.05) is 6.61 Å². The van der Waals surface area contributed by atoms with Crippen molar-refractivity contribution < 1.29 is 19.1 Å². The van der Waals surface area contributed by atoms with E-state index in [0.29, 0.717) is 17.9 Å². The third-order valence-corrected chi connectivity index (χ3v) is 10.3. The molecular weight excluding hydrogens is 370 g/mol. The first-order valence-electron chi connectivity index (χ1n) is 8.83. The van der Waals surface area contributed by atoms with Crippen molar-refractivity contribution in [1.82, 2.24) is 5.32 Å². The number of benzene rings is 1. The number of amides is 1. The number of hydrogen-bond donors (Lipinski definition) is 2. The van der Waals surface area contributed by atoms with E-state index < -0.39 is 25.7 Å². The van der Waals surface area contributed by atoms with E-state index in [-0.39, 0.29) is 17.6 Å². The summed E-state index contributed by atoms with van der Waals surface area (Å²) in [6.07, 6.45) is 1.38. The second-order valence-corrected chi connectivity index (χ2v) is 13.8. The maximum Gasteiger partial charge on any atom is 0.328 e. The summed E-state index contributed by atoms with van der Waals surface area (Å²) in [6, 6.07) is 6.14. The fourth-order valence-corrected chi connectivity index (χ4v) is 3.74. The van der Waals surface area contributed by atoms with Gasteiger partial charge < -0.3 is 14.8 Å². The van der Waals surface area contributed by atoms with Crippen LogP contribution in [0.2, 0.25) is 23.2 Å². The Labute approximate surface area is 161 Å². The van der Waals surface area contributed by atoms with Gasteiger partial charge in [0, 0.05) is 5.02 Å². The molecule has 5 nitrogen and oxygen atoms in total. The van der Waals surface area contributed by atoms with E-state index in [1.165, 1.54) is 0 Å². The largest absolute Gasteiger partial charge is 0.480 e. The van der Waals surface area contributed by atoms with Gasteiger partial charge in [-0.1, -0.05) is 44.5 Å². The molecule has 26 heavy (non-hydrogen) atoms. The number of carboxylic acid groups (broad SMARTS) is 1. The Morgan fingerprint density at radius 2 is 1.96 bits per heavy atom. The van der Waals surface area contributed by atoms with Gasteiger partial charge in [0.15, 0.2) is 8.32 Å². The Balaban J connectivity index is 2.08. The molecule has 0 bridgehead atoms. The maximum atomic E-state index is 12.8. The molecule has 0 spiro atoms. The molecule has 1 unspecified atom stereocenters. The fraction of sp³-hybridized carbons (Fsp3) is 0.579. The Morgan fingerprint density at radius 1 is 1.35 bits per heavy atom. The van der Waals surface area contributed by atoms with Crippen LogP contribution in [0.15, 0.2) is 24.3 Å². The second-order valence-electron chi connectivity index (χ2n) is 8.53. The lowest BCUT2D eigenvalue weighted by molar-refractivity contribution is -0.143. The van der Waals surface area contributed by atoms with E-state index in [1.807, 2.05) is 6.07 Å². The molecule has 1 aromatic carbocycles. The Morgan fingerprint density at radius 3 is 2.42 bits per heavy atom. The minimum atomic E-state index is -2.10. The van der Waals surface area contributed by atoms with Gasteiger partial charge in [0.25, 0.3) is 0 Å². The van der Waals surface area contributed by atoms with Crippen molar-refractivity contribution in [2.45, 2.75) is 63.2 Å². The standard InChI is InChI=1S/C19H28ClNO4Si/c1-18(2,3)26(4,5)25-12-15(16(22)23)21-17(24)19(9-10-19)13-7-6-8-14(20)11-13/h6-8,11,15H,9-10,12H2,1-5H3,(H,21,24)(H,22,23). The minimum absolute atomic E-state index is 0.0246. The molecule has 0 aliphatic heterocycles. The number of hydrogen-bond acceptors (Lipinski definition) is 3. The molecule has 144 valence electrons. The predicted octanol–water partition coefficient (Wildman–Crippen LogP) is 3.96. The van der Waals surface area contributed by atoms with Gasteiger partial charge in [0.05, 0.1) is 12.0 Å². The summed E-state index contributed by atoms with van der Waals surface area (Å²) in [5.41, 5.74) is 0.159. The molecule has 1 atom stereocenters. The van der Waals surface area contributed by atoms with Gasteiger partial charge in [0.2, 0.25) is 5.91 Å². The van der Waals surface area contributed by atoms with Gasteiger partial charge in [0.1, 0.15) is 6.04 Å². The molecule has 1 saturated carbocycles. The highest BCUT2D eigenvalue weighted by Gasteiger charge is 2.52. The summed E-state index contributed by atoms with van der Waals surface area (Å²) < 4.78 is 6.00. The van der Waals surface area contributed by atoms with Crippen LogP contribution in [0.3, 0.4) is 0 Å². The summed E-state index contributed by atoms with van der Waals surface area (Å²) in [4.78, 5) is 24.5. The van der Waals surface area contributed by atoms with Gasteiger partial charge in [-0.05, 0) is 48.7 Å². The molecule has 2 rings (SSSR count). The summed E-state index contributed by atoms with van der Waals surface area (Å²) >= 11 is 6.04. The molecule has 0 saturated heterocycles. The molecule has 2 N–H and O–H groups in total. The summed E-state index contributed by atoms with van der Waals surface area (Å²) in [5, 5.41) is 12.7. The van der Waals surface area contributed by atoms with Crippen LogP contribution in [0.25, 0.3) is 0 Å². The second kappa shape index (κ2) is 7.33. The Bertz CT molecular complexity index is 695. The van der Waals surface area contributed by atoms with E-state index in [4.69, 9.17) is 16.0 Å². The van der Waals surface area contributed by atoms with Gasteiger partial charge in [-0.3, -0.25) is 4.79 Å². The smallest absolute Gasteiger partial charge is 0.328 e. The average molecular weight is 398 g/mol. The molecule has 0 radical (unpaired) electrons. The molecular formula is C19H28ClNO4Si. The average Bonchev–Trinajstić information content (AvgIpc) is 3.31. The zero-order valence-corrected chi connectivity index (χ0v) is 17.8. The lowest BCUT2D eigenvalue weighted by Gasteiger charge is -2.37. The van der Waals surface area contributed by atoms with Crippen molar-refractivity contribution in [3.05, 3.63) is 34.9 Å². The van der Waals surface area contributed by atoms with E-state index in [2.05, 4.69) is 39.2 Å². The van der Waals surface area contributed by atoms with Crippen molar-refractivity contribution in [3.63, 3.8) is 0 Å². The first-order valence-corrected chi connectivity index (χ1v) is 12.1. The van der Waals surface area contributed by atoms with Crippen LogP contribution in [0.5, 0.6) is 0 Å².